The Morgan fingerprint density at radius 3 is 2.06 bits per heavy atom. The van der Waals surface area contributed by atoms with E-state index in [0.29, 0.717) is 13.0 Å². The van der Waals surface area contributed by atoms with Gasteiger partial charge in [0.25, 0.3) is 0 Å². The predicted molar refractivity (Wildman–Crippen MR) is 112 cm³/mol. The van der Waals surface area contributed by atoms with Crippen molar-refractivity contribution in [1.82, 2.24) is 5.32 Å². The van der Waals surface area contributed by atoms with Crippen LogP contribution < -0.4 is 5.32 Å². The molecule has 0 amide bonds. The minimum atomic E-state index is -4.56. The lowest BCUT2D eigenvalue weighted by Gasteiger charge is -2.23. The number of hydrogen-bond donors (Lipinski definition) is 1. The van der Waals surface area contributed by atoms with Gasteiger partial charge in [0.15, 0.2) is 5.78 Å². The quantitative estimate of drug-likeness (QED) is 0.606. The van der Waals surface area contributed by atoms with E-state index in [9.17, 15) is 22.8 Å². The number of fused-ring (bicyclic) bond motifs is 1. The molecule has 6 heteroatoms. The number of halogens is 3. The molecule has 1 N–H and O–H groups in total. The van der Waals surface area contributed by atoms with E-state index >= 15 is 0 Å². The van der Waals surface area contributed by atoms with Crippen LogP contribution >= 0.6 is 0 Å². The van der Waals surface area contributed by atoms with Gasteiger partial charge in [-0.15, -0.1) is 0 Å². The van der Waals surface area contributed by atoms with Gasteiger partial charge in [-0.05, 0) is 29.7 Å². The van der Waals surface area contributed by atoms with Gasteiger partial charge in [-0.25, -0.2) is 0 Å². The highest BCUT2D eigenvalue weighted by atomic mass is 19.4. The summed E-state index contributed by atoms with van der Waals surface area (Å²) >= 11 is 0. The molecule has 4 rings (SSSR count). The van der Waals surface area contributed by atoms with E-state index < -0.39 is 23.3 Å². The molecule has 0 unspecified atom stereocenters. The number of carbonyl (C=O) groups excluding carboxylic acids is 2. The molecule has 0 atom stereocenters. The van der Waals surface area contributed by atoms with Crippen molar-refractivity contribution >= 4 is 17.1 Å². The fourth-order valence-corrected chi connectivity index (χ4v) is 3.65. The van der Waals surface area contributed by atoms with Crippen molar-refractivity contribution in [2.24, 2.45) is 0 Å². The zero-order chi connectivity index (χ0) is 22.0. The average molecular weight is 421 g/mol. The zero-order valence-electron chi connectivity index (χ0n) is 16.4. The average Bonchev–Trinajstić information content (AvgIpc) is 2.77. The molecule has 0 bridgehead atoms. The molecule has 1 aliphatic rings. The fraction of sp³-hybridized carbons (Fsp3) is 0.120. The lowest BCUT2D eigenvalue weighted by atomic mass is 9.83. The molecule has 0 spiro atoms. The summed E-state index contributed by atoms with van der Waals surface area (Å²) < 4.78 is 39.8. The number of alkyl halides is 3. The molecule has 1 aliphatic carbocycles. The first-order valence-corrected chi connectivity index (χ1v) is 9.74. The van der Waals surface area contributed by atoms with Crippen molar-refractivity contribution < 1.29 is 22.8 Å². The van der Waals surface area contributed by atoms with Crippen LogP contribution in [0.2, 0.25) is 0 Å². The fourth-order valence-electron chi connectivity index (χ4n) is 3.65. The van der Waals surface area contributed by atoms with Crippen LogP contribution in [0.3, 0.4) is 0 Å². The second-order valence-electron chi connectivity index (χ2n) is 7.19. The Morgan fingerprint density at radius 2 is 1.39 bits per heavy atom. The monoisotopic (exact) mass is 421 g/mol. The lowest BCUT2D eigenvalue weighted by molar-refractivity contribution is -0.137. The first kappa shape index (κ1) is 20.6. The molecule has 3 aromatic rings. The molecule has 3 nitrogen and oxygen atoms in total. The SMILES string of the molecule is O=C1C(NCCc2ccccc2)=C(c2cccc(C(F)(F)F)c2)C(=O)c2ccccc21. The number of carbonyl (C=O) groups is 2. The topological polar surface area (TPSA) is 46.2 Å². The molecule has 0 aromatic heterocycles. The highest BCUT2D eigenvalue weighted by Crippen LogP contribution is 2.35. The number of Topliss-reactive ketones (excluding diaryl/α,β-unsaturated/α-hetero) is 2. The summed E-state index contributed by atoms with van der Waals surface area (Å²) in [6.45, 7) is 0.350. The van der Waals surface area contributed by atoms with Crippen molar-refractivity contribution in [1.29, 1.82) is 0 Å². The van der Waals surface area contributed by atoms with Crippen LogP contribution in [0, 0.1) is 0 Å². The van der Waals surface area contributed by atoms with Crippen molar-refractivity contribution in [3.63, 3.8) is 0 Å². The van der Waals surface area contributed by atoms with Gasteiger partial charge < -0.3 is 5.32 Å². The third kappa shape index (κ3) is 4.14. The summed E-state index contributed by atoms with van der Waals surface area (Å²) in [4.78, 5) is 26.4. The lowest BCUT2D eigenvalue weighted by Crippen LogP contribution is -2.31. The minimum Gasteiger partial charge on any atom is -0.381 e. The molecular formula is C25H18F3NO2. The number of hydrogen-bond acceptors (Lipinski definition) is 3. The molecule has 0 aliphatic heterocycles. The Balaban J connectivity index is 1.76. The highest BCUT2D eigenvalue weighted by molar-refractivity contribution is 6.40. The minimum absolute atomic E-state index is 0.0268. The van der Waals surface area contributed by atoms with Crippen LogP contribution in [-0.4, -0.2) is 18.1 Å². The largest absolute Gasteiger partial charge is 0.416 e. The van der Waals surface area contributed by atoms with Crippen molar-refractivity contribution in [2.75, 3.05) is 6.54 Å². The van der Waals surface area contributed by atoms with Gasteiger partial charge in [0.1, 0.15) is 0 Å². The van der Waals surface area contributed by atoms with Gasteiger partial charge in [-0.3, -0.25) is 9.59 Å². The van der Waals surface area contributed by atoms with Gasteiger partial charge in [0, 0.05) is 17.7 Å². The van der Waals surface area contributed by atoms with E-state index in [0.717, 1.165) is 17.7 Å². The van der Waals surface area contributed by atoms with Gasteiger partial charge >= 0.3 is 6.18 Å². The maximum absolute atomic E-state index is 13.3. The smallest absolute Gasteiger partial charge is 0.381 e. The molecule has 3 aromatic carbocycles. The Hall–Kier alpha value is -3.67. The molecule has 31 heavy (non-hydrogen) atoms. The molecule has 0 heterocycles. The second-order valence-corrected chi connectivity index (χ2v) is 7.19. The number of allylic oxidation sites excluding steroid dienone is 2. The third-order valence-electron chi connectivity index (χ3n) is 5.16. The Labute approximate surface area is 177 Å². The van der Waals surface area contributed by atoms with E-state index in [1.54, 1.807) is 18.2 Å². The predicted octanol–water partition coefficient (Wildman–Crippen LogP) is 5.33. The van der Waals surface area contributed by atoms with Gasteiger partial charge in [0.05, 0.1) is 16.8 Å². The standard InChI is InChI=1S/C25H18F3NO2/c26-25(27,28)18-10-6-9-17(15-18)21-22(29-14-13-16-7-2-1-3-8-16)24(31)20-12-5-4-11-19(20)23(21)30/h1-12,15,29H,13-14H2. The molecular weight excluding hydrogens is 403 g/mol. The van der Waals surface area contributed by atoms with E-state index in [4.69, 9.17) is 0 Å². The Morgan fingerprint density at radius 1 is 0.742 bits per heavy atom. The molecule has 0 saturated heterocycles. The Bertz CT molecular complexity index is 1180. The molecule has 0 saturated carbocycles. The first-order chi connectivity index (χ1) is 14.9. The van der Waals surface area contributed by atoms with Crippen LogP contribution in [0.25, 0.3) is 5.57 Å². The van der Waals surface area contributed by atoms with E-state index in [1.165, 1.54) is 18.2 Å². The Kier molecular flexibility index (Phi) is 5.46. The zero-order valence-corrected chi connectivity index (χ0v) is 16.4. The van der Waals surface area contributed by atoms with Crippen LogP contribution in [-0.2, 0) is 12.6 Å². The van der Waals surface area contributed by atoms with Gasteiger partial charge in [0.2, 0.25) is 5.78 Å². The van der Waals surface area contributed by atoms with Crippen molar-refractivity contribution in [3.8, 4) is 0 Å². The van der Waals surface area contributed by atoms with Gasteiger partial charge in [-0.2, -0.15) is 13.2 Å². The maximum Gasteiger partial charge on any atom is 0.416 e. The number of rotatable bonds is 5. The van der Waals surface area contributed by atoms with E-state index in [-0.39, 0.29) is 28.0 Å². The van der Waals surface area contributed by atoms with Crippen molar-refractivity contribution in [2.45, 2.75) is 12.6 Å². The molecule has 0 radical (unpaired) electrons. The summed E-state index contributed by atoms with van der Waals surface area (Å²) in [6.07, 6.45) is -3.97. The third-order valence-corrected chi connectivity index (χ3v) is 5.16. The maximum atomic E-state index is 13.3. The summed E-state index contributed by atoms with van der Waals surface area (Å²) in [6, 6.07) is 20.4. The van der Waals surface area contributed by atoms with Crippen LogP contribution in [0.4, 0.5) is 13.2 Å². The number of nitrogens with one attached hydrogen (secondary N) is 1. The number of benzene rings is 3. The van der Waals surface area contributed by atoms with Crippen LogP contribution in [0.1, 0.15) is 37.4 Å². The molecule has 156 valence electrons. The van der Waals surface area contributed by atoms with Crippen LogP contribution in [0.15, 0.2) is 84.6 Å². The normalized spacial score (nSPS) is 13.9. The highest BCUT2D eigenvalue weighted by Gasteiger charge is 2.35. The molecule has 0 fully saturated rings. The van der Waals surface area contributed by atoms with Gasteiger partial charge in [-0.1, -0.05) is 66.7 Å². The number of ketones is 2. The summed E-state index contributed by atoms with van der Waals surface area (Å²) in [5, 5.41) is 3.03. The summed E-state index contributed by atoms with van der Waals surface area (Å²) in [5.41, 5.74) is 0.636. The second kappa shape index (κ2) is 8.22. The summed E-state index contributed by atoms with van der Waals surface area (Å²) in [7, 11) is 0. The van der Waals surface area contributed by atoms with Crippen LogP contribution in [0.5, 0.6) is 0 Å². The first-order valence-electron chi connectivity index (χ1n) is 9.74. The summed E-state index contributed by atoms with van der Waals surface area (Å²) in [5.74, 6) is -0.882. The van der Waals surface area contributed by atoms with E-state index in [2.05, 4.69) is 5.32 Å². The van der Waals surface area contributed by atoms with Crippen molar-refractivity contribution in [3.05, 3.63) is 112 Å². The van der Waals surface area contributed by atoms with E-state index in [1.807, 2.05) is 30.3 Å².